The van der Waals surface area contributed by atoms with Crippen molar-refractivity contribution in [1.29, 1.82) is 0 Å². The molecular weight excluding hydrogens is 330 g/mol. The Morgan fingerprint density at radius 2 is 2.04 bits per heavy atom. The molecule has 0 spiro atoms. The maximum absolute atomic E-state index is 12.8. The van der Waals surface area contributed by atoms with E-state index in [9.17, 15) is 9.59 Å². The quantitative estimate of drug-likeness (QED) is 0.818. The lowest BCUT2D eigenvalue weighted by Gasteiger charge is -2.34. The van der Waals surface area contributed by atoms with Crippen molar-refractivity contribution in [3.63, 3.8) is 0 Å². The van der Waals surface area contributed by atoms with Crippen LogP contribution in [0.1, 0.15) is 51.0 Å². The maximum Gasteiger partial charge on any atom is 0.336 e. The third-order valence-electron chi connectivity index (χ3n) is 4.88. The molecule has 138 valence electrons. The average Bonchev–Trinajstić information content (AvgIpc) is 2.65. The molecule has 1 N–H and O–H groups in total. The Hall–Kier alpha value is -2.56. The summed E-state index contributed by atoms with van der Waals surface area (Å²) in [6.07, 6.45) is 2.88. The SMILES string of the molecule is CCCOC(=O)C1=C(C)NC2=C(C(=O)CCC2)C1c1ccccc1OC. The van der Waals surface area contributed by atoms with Crippen molar-refractivity contribution in [3.05, 3.63) is 52.4 Å². The Kier molecular flexibility index (Phi) is 5.45. The number of Topliss-reactive ketones (excluding diaryl/α,β-unsaturated/α-hetero) is 1. The molecule has 0 radical (unpaired) electrons. The van der Waals surface area contributed by atoms with Gasteiger partial charge >= 0.3 is 5.97 Å². The average molecular weight is 355 g/mol. The van der Waals surface area contributed by atoms with Crippen molar-refractivity contribution < 1.29 is 19.1 Å². The summed E-state index contributed by atoms with van der Waals surface area (Å²) in [7, 11) is 1.60. The normalized spacial score (nSPS) is 19.8. The molecular formula is C21H25NO4. The number of hydrogen-bond donors (Lipinski definition) is 1. The summed E-state index contributed by atoms with van der Waals surface area (Å²) in [5, 5.41) is 3.29. The van der Waals surface area contributed by atoms with E-state index in [-0.39, 0.29) is 11.8 Å². The van der Waals surface area contributed by atoms with Crippen LogP contribution in [0.15, 0.2) is 46.8 Å². The summed E-state index contributed by atoms with van der Waals surface area (Å²) in [6.45, 7) is 4.18. The lowest BCUT2D eigenvalue weighted by atomic mass is 9.75. The number of allylic oxidation sites excluding steroid dienone is 3. The van der Waals surface area contributed by atoms with Crippen LogP contribution >= 0.6 is 0 Å². The van der Waals surface area contributed by atoms with Gasteiger partial charge in [-0.05, 0) is 32.3 Å². The van der Waals surface area contributed by atoms with Crippen LogP contribution in [0.5, 0.6) is 5.75 Å². The second-order valence-corrected chi connectivity index (χ2v) is 6.64. The lowest BCUT2D eigenvalue weighted by Crippen LogP contribution is -2.34. The molecule has 3 rings (SSSR count). The second-order valence-electron chi connectivity index (χ2n) is 6.64. The smallest absolute Gasteiger partial charge is 0.336 e. The molecule has 1 aromatic rings. The fourth-order valence-electron chi connectivity index (χ4n) is 3.74. The number of esters is 1. The van der Waals surface area contributed by atoms with Crippen LogP contribution in [0.25, 0.3) is 0 Å². The predicted molar refractivity (Wildman–Crippen MR) is 98.7 cm³/mol. The van der Waals surface area contributed by atoms with Crippen LogP contribution in [-0.2, 0) is 14.3 Å². The van der Waals surface area contributed by atoms with Gasteiger partial charge in [-0.3, -0.25) is 4.79 Å². The molecule has 1 aromatic carbocycles. The fraction of sp³-hybridized carbons (Fsp3) is 0.429. The largest absolute Gasteiger partial charge is 0.496 e. The fourth-order valence-corrected chi connectivity index (χ4v) is 3.74. The van der Waals surface area contributed by atoms with Gasteiger partial charge in [0.05, 0.1) is 25.2 Å². The topological polar surface area (TPSA) is 64.6 Å². The number of hydrogen-bond acceptors (Lipinski definition) is 5. The van der Waals surface area contributed by atoms with Gasteiger partial charge in [-0.2, -0.15) is 0 Å². The molecule has 1 aliphatic heterocycles. The van der Waals surface area contributed by atoms with E-state index in [0.29, 0.717) is 29.9 Å². The number of dihydropyridines is 1. The van der Waals surface area contributed by atoms with Gasteiger partial charge in [0.25, 0.3) is 0 Å². The van der Waals surface area contributed by atoms with Crippen LogP contribution in [0, 0.1) is 0 Å². The van der Waals surface area contributed by atoms with E-state index in [1.165, 1.54) is 0 Å². The summed E-state index contributed by atoms with van der Waals surface area (Å²) >= 11 is 0. The predicted octanol–water partition coefficient (Wildman–Crippen LogP) is 3.62. The van der Waals surface area contributed by atoms with E-state index in [2.05, 4.69) is 5.32 Å². The zero-order valence-electron chi connectivity index (χ0n) is 15.6. The number of benzene rings is 1. The maximum atomic E-state index is 12.8. The summed E-state index contributed by atoms with van der Waals surface area (Å²) in [4.78, 5) is 25.6. The van der Waals surface area contributed by atoms with Gasteiger partial charge in [-0.25, -0.2) is 4.79 Å². The van der Waals surface area contributed by atoms with Crippen LogP contribution in [0.2, 0.25) is 0 Å². The lowest BCUT2D eigenvalue weighted by molar-refractivity contribution is -0.139. The first-order chi connectivity index (χ1) is 12.6. The van der Waals surface area contributed by atoms with E-state index in [1.807, 2.05) is 38.1 Å². The monoisotopic (exact) mass is 355 g/mol. The van der Waals surface area contributed by atoms with Gasteiger partial charge in [0.2, 0.25) is 0 Å². The number of methoxy groups -OCH3 is 1. The summed E-state index contributed by atoms with van der Waals surface area (Å²) in [5.74, 6) is -0.0848. The van der Waals surface area contributed by atoms with Crippen LogP contribution in [0.4, 0.5) is 0 Å². The Bertz CT molecular complexity index is 791. The highest BCUT2D eigenvalue weighted by atomic mass is 16.5. The first kappa shape index (κ1) is 18.2. The van der Waals surface area contributed by atoms with Gasteiger partial charge < -0.3 is 14.8 Å². The molecule has 1 unspecified atom stereocenters. The van der Waals surface area contributed by atoms with E-state index >= 15 is 0 Å². The van der Waals surface area contributed by atoms with Crippen LogP contribution < -0.4 is 10.1 Å². The number of ether oxygens (including phenoxy) is 2. The van der Waals surface area contributed by atoms with Gasteiger partial charge in [0, 0.05) is 29.0 Å². The van der Waals surface area contributed by atoms with Crippen molar-refractivity contribution in [1.82, 2.24) is 5.32 Å². The highest BCUT2D eigenvalue weighted by Crippen LogP contribution is 2.45. The van der Waals surface area contributed by atoms with Crippen LogP contribution in [0.3, 0.4) is 0 Å². The van der Waals surface area contributed by atoms with E-state index < -0.39 is 5.92 Å². The molecule has 5 nitrogen and oxygen atoms in total. The Morgan fingerprint density at radius 3 is 2.77 bits per heavy atom. The summed E-state index contributed by atoms with van der Waals surface area (Å²) < 4.78 is 11.0. The number of para-hydroxylation sites is 1. The van der Waals surface area contributed by atoms with Gasteiger partial charge in [-0.15, -0.1) is 0 Å². The number of rotatable bonds is 5. The van der Waals surface area contributed by atoms with Gasteiger partial charge in [0.1, 0.15) is 5.75 Å². The zero-order chi connectivity index (χ0) is 18.7. The Balaban J connectivity index is 2.16. The van der Waals surface area contributed by atoms with E-state index in [0.717, 1.165) is 36.2 Å². The number of ketones is 1. The molecule has 1 aliphatic carbocycles. The molecule has 0 saturated heterocycles. The van der Waals surface area contributed by atoms with Crippen molar-refractivity contribution in [2.45, 2.75) is 45.4 Å². The molecule has 1 atom stereocenters. The summed E-state index contributed by atoms with van der Waals surface area (Å²) in [5.41, 5.74) is 3.66. The molecule has 26 heavy (non-hydrogen) atoms. The molecule has 5 heteroatoms. The highest BCUT2D eigenvalue weighted by Gasteiger charge is 2.40. The minimum absolute atomic E-state index is 0.0861. The standard InChI is InChI=1S/C21H25NO4/c1-4-12-26-21(24)18-13(2)22-15-9-7-10-16(23)20(15)19(18)14-8-5-6-11-17(14)25-3/h5-6,8,11,19,22H,4,7,9-10,12H2,1-3H3. The first-order valence-corrected chi connectivity index (χ1v) is 9.12. The Morgan fingerprint density at radius 1 is 1.27 bits per heavy atom. The molecule has 0 saturated carbocycles. The molecule has 2 aliphatic rings. The molecule has 0 bridgehead atoms. The van der Waals surface area contributed by atoms with Crippen molar-refractivity contribution >= 4 is 11.8 Å². The number of nitrogens with one attached hydrogen (secondary N) is 1. The third kappa shape index (κ3) is 3.26. The molecule has 1 heterocycles. The van der Waals surface area contributed by atoms with Crippen molar-refractivity contribution in [2.75, 3.05) is 13.7 Å². The second kappa shape index (κ2) is 7.77. The minimum atomic E-state index is -0.459. The molecule has 0 fully saturated rings. The zero-order valence-corrected chi connectivity index (χ0v) is 15.6. The third-order valence-corrected chi connectivity index (χ3v) is 4.88. The molecule has 0 aromatic heterocycles. The Labute approximate surface area is 154 Å². The number of carbonyl (C=O) groups excluding carboxylic acids is 2. The first-order valence-electron chi connectivity index (χ1n) is 9.12. The van der Waals surface area contributed by atoms with Gasteiger partial charge in [0.15, 0.2) is 5.78 Å². The van der Waals surface area contributed by atoms with E-state index in [4.69, 9.17) is 9.47 Å². The highest BCUT2D eigenvalue weighted by molar-refractivity contribution is 6.04. The van der Waals surface area contributed by atoms with Crippen molar-refractivity contribution in [2.24, 2.45) is 0 Å². The summed E-state index contributed by atoms with van der Waals surface area (Å²) in [6, 6.07) is 7.56. The van der Waals surface area contributed by atoms with Crippen molar-refractivity contribution in [3.8, 4) is 5.75 Å². The minimum Gasteiger partial charge on any atom is -0.496 e. The number of carbonyl (C=O) groups is 2. The van der Waals surface area contributed by atoms with Gasteiger partial charge in [-0.1, -0.05) is 25.1 Å². The van der Waals surface area contributed by atoms with E-state index in [1.54, 1.807) is 7.11 Å². The molecule has 0 amide bonds. The van der Waals surface area contributed by atoms with Crippen LogP contribution in [-0.4, -0.2) is 25.5 Å².